The van der Waals surface area contributed by atoms with Crippen molar-refractivity contribution in [2.75, 3.05) is 11.9 Å². The number of carbonyl (C=O) groups excluding carboxylic acids is 1. The van der Waals surface area contributed by atoms with Gasteiger partial charge in [-0.25, -0.2) is 13.1 Å². The van der Waals surface area contributed by atoms with Crippen LogP contribution in [0.5, 0.6) is 0 Å². The van der Waals surface area contributed by atoms with Crippen LogP contribution in [-0.2, 0) is 14.8 Å². The Morgan fingerprint density at radius 1 is 1.39 bits per heavy atom. The number of nitro benzene ring substituents is 1. The fourth-order valence-corrected chi connectivity index (χ4v) is 2.64. The topological polar surface area (TPSA) is 144 Å². The highest BCUT2D eigenvalue weighted by Crippen LogP contribution is 2.17. The largest absolute Gasteiger partial charge is 0.360 e. The van der Waals surface area contributed by atoms with Gasteiger partial charge >= 0.3 is 0 Å². The summed E-state index contributed by atoms with van der Waals surface area (Å²) in [5.41, 5.74) is -0.365. The number of nitrogens with zero attached hydrogens (tertiary/aromatic N) is 2. The highest BCUT2D eigenvalue weighted by Gasteiger charge is 2.18. The molecule has 2 rings (SSSR count). The molecule has 2 aromatic rings. The van der Waals surface area contributed by atoms with Crippen LogP contribution in [0.4, 0.5) is 11.5 Å². The molecular formula is C12H12N4O6S. The van der Waals surface area contributed by atoms with Crippen molar-refractivity contribution in [3.63, 3.8) is 0 Å². The Kier molecular flexibility index (Phi) is 4.71. The summed E-state index contributed by atoms with van der Waals surface area (Å²) in [6.45, 7) is 1.07. The van der Waals surface area contributed by atoms with E-state index in [1.54, 1.807) is 6.92 Å². The molecule has 0 aliphatic heterocycles. The number of aryl methyl sites for hydroxylation is 1. The van der Waals surface area contributed by atoms with E-state index in [1.807, 2.05) is 4.72 Å². The third-order valence-electron chi connectivity index (χ3n) is 2.66. The molecule has 23 heavy (non-hydrogen) atoms. The average Bonchev–Trinajstić information content (AvgIpc) is 2.90. The Morgan fingerprint density at radius 2 is 2.13 bits per heavy atom. The molecular weight excluding hydrogens is 328 g/mol. The number of hydrogen-bond donors (Lipinski definition) is 2. The van der Waals surface area contributed by atoms with Crippen molar-refractivity contribution in [1.29, 1.82) is 0 Å². The van der Waals surface area contributed by atoms with Gasteiger partial charge < -0.3 is 9.84 Å². The van der Waals surface area contributed by atoms with Crippen LogP contribution in [0.1, 0.15) is 5.76 Å². The fraction of sp³-hybridized carbons (Fsp3) is 0.167. The summed E-state index contributed by atoms with van der Waals surface area (Å²) in [6, 6.07) is 5.96. The molecule has 2 N–H and O–H groups in total. The fourth-order valence-electron chi connectivity index (χ4n) is 1.62. The van der Waals surface area contributed by atoms with E-state index in [4.69, 9.17) is 4.52 Å². The lowest BCUT2D eigenvalue weighted by Crippen LogP contribution is -2.33. The van der Waals surface area contributed by atoms with E-state index in [1.165, 1.54) is 24.3 Å². The maximum atomic E-state index is 12.0. The molecule has 0 aliphatic rings. The number of rotatable bonds is 6. The molecule has 0 aliphatic carbocycles. The zero-order valence-corrected chi connectivity index (χ0v) is 12.7. The Morgan fingerprint density at radius 3 is 2.74 bits per heavy atom. The summed E-state index contributed by atoms with van der Waals surface area (Å²) >= 11 is 0. The van der Waals surface area contributed by atoms with Crippen LogP contribution < -0.4 is 10.0 Å². The second-order valence-electron chi connectivity index (χ2n) is 4.45. The maximum absolute atomic E-state index is 12.0. The predicted octanol–water partition coefficient (Wildman–Crippen LogP) is 0.808. The van der Waals surface area contributed by atoms with E-state index in [-0.39, 0.29) is 16.4 Å². The summed E-state index contributed by atoms with van der Waals surface area (Å²) in [5, 5.41) is 16.5. The van der Waals surface area contributed by atoms with Crippen LogP contribution >= 0.6 is 0 Å². The molecule has 1 heterocycles. The van der Waals surface area contributed by atoms with E-state index in [2.05, 4.69) is 10.5 Å². The second kappa shape index (κ2) is 6.54. The first-order valence-electron chi connectivity index (χ1n) is 6.25. The van der Waals surface area contributed by atoms with Crippen molar-refractivity contribution in [3.05, 3.63) is 46.2 Å². The van der Waals surface area contributed by atoms with Gasteiger partial charge in [0, 0.05) is 18.2 Å². The number of amides is 1. The molecule has 122 valence electrons. The van der Waals surface area contributed by atoms with Gasteiger partial charge in [-0.2, -0.15) is 0 Å². The molecule has 0 atom stereocenters. The Hall–Kier alpha value is -2.79. The van der Waals surface area contributed by atoms with Gasteiger partial charge in [-0.3, -0.25) is 14.9 Å². The van der Waals surface area contributed by atoms with Gasteiger partial charge in [0.1, 0.15) is 5.76 Å². The second-order valence-corrected chi connectivity index (χ2v) is 6.22. The molecule has 0 radical (unpaired) electrons. The van der Waals surface area contributed by atoms with Crippen LogP contribution in [0.25, 0.3) is 0 Å². The molecule has 11 heteroatoms. The molecule has 1 amide bonds. The Balaban J connectivity index is 2.02. The lowest BCUT2D eigenvalue weighted by atomic mass is 10.3. The Labute approximate surface area is 130 Å². The first-order valence-corrected chi connectivity index (χ1v) is 7.73. The van der Waals surface area contributed by atoms with E-state index in [0.717, 1.165) is 6.07 Å². The predicted molar refractivity (Wildman–Crippen MR) is 78.2 cm³/mol. The monoisotopic (exact) mass is 340 g/mol. The van der Waals surface area contributed by atoms with Crippen LogP contribution in [0.15, 0.2) is 39.8 Å². The van der Waals surface area contributed by atoms with Crippen molar-refractivity contribution in [1.82, 2.24) is 9.88 Å². The number of benzene rings is 1. The molecule has 0 bridgehead atoms. The van der Waals surface area contributed by atoms with Gasteiger partial charge in [0.2, 0.25) is 15.9 Å². The minimum absolute atomic E-state index is 0.155. The summed E-state index contributed by atoms with van der Waals surface area (Å²) in [6.07, 6.45) is 0. The van der Waals surface area contributed by atoms with Crippen LogP contribution in [0.2, 0.25) is 0 Å². The number of non-ortho nitro benzene ring substituents is 1. The highest BCUT2D eigenvalue weighted by atomic mass is 32.2. The van der Waals surface area contributed by atoms with Crippen LogP contribution in [0, 0.1) is 17.0 Å². The van der Waals surface area contributed by atoms with E-state index < -0.39 is 27.4 Å². The van der Waals surface area contributed by atoms with Gasteiger partial charge in [0.05, 0.1) is 16.4 Å². The first-order chi connectivity index (χ1) is 10.8. The molecule has 0 saturated heterocycles. The summed E-state index contributed by atoms with van der Waals surface area (Å²) in [4.78, 5) is 21.3. The quantitative estimate of drug-likeness (QED) is 0.584. The number of nitrogens with one attached hydrogen (secondary N) is 2. The molecule has 0 fully saturated rings. The summed E-state index contributed by atoms with van der Waals surface area (Å²) in [5.74, 6) is -0.0215. The number of aromatic nitrogens is 1. The number of hydrogen-bond acceptors (Lipinski definition) is 7. The van der Waals surface area contributed by atoms with Crippen molar-refractivity contribution >= 4 is 27.4 Å². The van der Waals surface area contributed by atoms with Gasteiger partial charge in [-0.05, 0) is 13.0 Å². The lowest BCUT2D eigenvalue weighted by Gasteiger charge is -2.06. The number of carbonyl (C=O) groups is 1. The maximum Gasteiger partial charge on any atom is 0.270 e. The zero-order valence-electron chi connectivity index (χ0n) is 11.8. The molecule has 0 unspecified atom stereocenters. The minimum atomic E-state index is -4.06. The van der Waals surface area contributed by atoms with Crippen LogP contribution in [-0.4, -0.2) is 30.9 Å². The van der Waals surface area contributed by atoms with E-state index in [9.17, 15) is 23.3 Å². The molecule has 1 aromatic carbocycles. The molecule has 0 spiro atoms. The van der Waals surface area contributed by atoms with Gasteiger partial charge in [-0.15, -0.1) is 0 Å². The minimum Gasteiger partial charge on any atom is -0.360 e. The number of anilines is 1. The number of sulfonamides is 1. The SMILES string of the molecule is Cc1cc(NC(=O)CNS(=O)(=O)c2cccc([N+](=O)[O-])c2)no1. The average molecular weight is 340 g/mol. The van der Waals surface area contributed by atoms with Gasteiger partial charge in [0.25, 0.3) is 5.69 Å². The van der Waals surface area contributed by atoms with E-state index in [0.29, 0.717) is 5.76 Å². The van der Waals surface area contributed by atoms with E-state index >= 15 is 0 Å². The normalized spacial score (nSPS) is 11.2. The first kappa shape index (κ1) is 16.6. The smallest absolute Gasteiger partial charge is 0.270 e. The molecule has 1 aromatic heterocycles. The van der Waals surface area contributed by atoms with Gasteiger partial charge in [0.15, 0.2) is 5.82 Å². The Bertz CT molecular complexity index is 845. The summed E-state index contributed by atoms with van der Waals surface area (Å²) in [7, 11) is -4.06. The van der Waals surface area contributed by atoms with Gasteiger partial charge in [-0.1, -0.05) is 11.2 Å². The summed E-state index contributed by atoms with van der Waals surface area (Å²) < 4.78 is 30.8. The third-order valence-corrected chi connectivity index (χ3v) is 4.06. The third kappa shape index (κ3) is 4.34. The molecule has 10 nitrogen and oxygen atoms in total. The van der Waals surface area contributed by atoms with Crippen LogP contribution in [0.3, 0.4) is 0 Å². The van der Waals surface area contributed by atoms with Crippen molar-refractivity contribution in [2.24, 2.45) is 0 Å². The lowest BCUT2D eigenvalue weighted by molar-refractivity contribution is -0.385. The van der Waals surface area contributed by atoms with Crippen molar-refractivity contribution < 1.29 is 22.7 Å². The number of nitro groups is 1. The van der Waals surface area contributed by atoms with Crippen molar-refractivity contribution in [2.45, 2.75) is 11.8 Å². The molecule has 0 saturated carbocycles. The zero-order chi connectivity index (χ0) is 17.0. The highest BCUT2D eigenvalue weighted by molar-refractivity contribution is 7.89. The standard InChI is InChI=1S/C12H12N4O6S/c1-8-5-11(15-22-8)14-12(17)7-13-23(20,21)10-4-2-3-9(6-10)16(18)19/h2-6,13H,7H2,1H3,(H,14,15,17). The van der Waals surface area contributed by atoms with Crippen molar-refractivity contribution in [3.8, 4) is 0 Å².